The van der Waals surface area contributed by atoms with Crippen LogP contribution in [-0.4, -0.2) is 13.2 Å². The predicted molar refractivity (Wildman–Crippen MR) is 127 cm³/mol. The number of hydrogen-bond donors (Lipinski definition) is 0. The zero-order valence-electron chi connectivity index (χ0n) is 19.6. The number of benzene rings is 2. The Balaban J connectivity index is 1.51. The standard InChI is InChI=1S/C28H38O2/c1-26(2,3)19-23-12-16-25(17-13-23)30-24-14-10-22(11-15-24)9-7-8-18-28(20-29-21-28)27(4,5)6/h7,9-17H,8,18-21H2,1-6H3/b9-7-. The van der Waals surface area contributed by atoms with E-state index in [9.17, 15) is 0 Å². The van der Waals surface area contributed by atoms with Crippen molar-refractivity contribution >= 4 is 6.08 Å². The second-order valence-electron chi connectivity index (χ2n) is 11.0. The first-order valence-corrected chi connectivity index (χ1v) is 11.2. The van der Waals surface area contributed by atoms with Gasteiger partial charge in [-0.05, 0) is 65.5 Å². The summed E-state index contributed by atoms with van der Waals surface area (Å²) in [6, 6.07) is 16.8. The Morgan fingerprint density at radius 1 is 0.867 bits per heavy atom. The Bertz CT molecular complexity index is 826. The van der Waals surface area contributed by atoms with Gasteiger partial charge in [0.25, 0.3) is 0 Å². The number of rotatable bonds is 7. The van der Waals surface area contributed by atoms with Crippen LogP contribution in [0.4, 0.5) is 0 Å². The van der Waals surface area contributed by atoms with Crippen LogP contribution in [0.1, 0.15) is 65.5 Å². The van der Waals surface area contributed by atoms with Crippen LogP contribution in [0.5, 0.6) is 11.5 Å². The fourth-order valence-corrected chi connectivity index (χ4v) is 3.95. The minimum atomic E-state index is 0.295. The van der Waals surface area contributed by atoms with Gasteiger partial charge in [0.1, 0.15) is 11.5 Å². The normalized spacial score (nSPS) is 16.5. The lowest BCUT2D eigenvalue weighted by Crippen LogP contribution is -2.51. The van der Waals surface area contributed by atoms with Gasteiger partial charge in [0.05, 0.1) is 13.2 Å². The molecule has 0 spiro atoms. The molecule has 30 heavy (non-hydrogen) atoms. The lowest BCUT2D eigenvalue weighted by atomic mass is 9.63. The molecule has 0 unspecified atom stereocenters. The van der Waals surface area contributed by atoms with Crippen molar-refractivity contribution in [2.75, 3.05) is 13.2 Å². The quantitative estimate of drug-likeness (QED) is 0.465. The van der Waals surface area contributed by atoms with Crippen LogP contribution in [0.25, 0.3) is 6.08 Å². The maximum Gasteiger partial charge on any atom is 0.127 e. The molecule has 0 atom stereocenters. The van der Waals surface area contributed by atoms with E-state index in [-0.39, 0.29) is 0 Å². The smallest absolute Gasteiger partial charge is 0.127 e. The molecule has 2 aromatic rings. The highest BCUT2D eigenvalue weighted by atomic mass is 16.5. The van der Waals surface area contributed by atoms with Crippen LogP contribution in [0.2, 0.25) is 0 Å². The van der Waals surface area contributed by atoms with Gasteiger partial charge in [0.15, 0.2) is 0 Å². The third-order valence-corrected chi connectivity index (χ3v) is 6.22. The van der Waals surface area contributed by atoms with Gasteiger partial charge >= 0.3 is 0 Å². The maximum atomic E-state index is 6.01. The van der Waals surface area contributed by atoms with Crippen molar-refractivity contribution in [3.05, 3.63) is 65.7 Å². The summed E-state index contributed by atoms with van der Waals surface area (Å²) in [6.45, 7) is 15.6. The highest BCUT2D eigenvalue weighted by molar-refractivity contribution is 5.51. The summed E-state index contributed by atoms with van der Waals surface area (Å²) in [5, 5.41) is 0. The lowest BCUT2D eigenvalue weighted by Gasteiger charge is -2.51. The molecule has 1 heterocycles. The average Bonchev–Trinajstić information content (AvgIpc) is 2.61. The number of allylic oxidation sites excluding steroid dienone is 1. The van der Waals surface area contributed by atoms with Crippen molar-refractivity contribution in [1.82, 2.24) is 0 Å². The summed E-state index contributed by atoms with van der Waals surface area (Å²) in [6.07, 6.45) is 7.83. The van der Waals surface area contributed by atoms with Gasteiger partial charge in [-0.2, -0.15) is 0 Å². The van der Waals surface area contributed by atoms with Crippen LogP contribution >= 0.6 is 0 Å². The largest absolute Gasteiger partial charge is 0.457 e. The minimum Gasteiger partial charge on any atom is -0.457 e. The zero-order chi connectivity index (χ0) is 21.8. The van der Waals surface area contributed by atoms with E-state index >= 15 is 0 Å². The van der Waals surface area contributed by atoms with E-state index in [0.717, 1.165) is 37.6 Å². The lowest BCUT2D eigenvalue weighted by molar-refractivity contribution is -0.173. The molecule has 0 radical (unpaired) electrons. The van der Waals surface area contributed by atoms with Crippen molar-refractivity contribution in [2.24, 2.45) is 16.2 Å². The van der Waals surface area contributed by atoms with E-state index in [2.05, 4.69) is 90.1 Å². The monoisotopic (exact) mass is 406 g/mol. The Labute approximate surface area is 183 Å². The van der Waals surface area contributed by atoms with E-state index in [4.69, 9.17) is 9.47 Å². The van der Waals surface area contributed by atoms with E-state index < -0.39 is 0 Å². The third-order valence-electron chi connectivity index (χ3n) is 6.22. The minimum absolute atomic E-state index is 0.295. The molecule has 0 aliphatic carbocycles. The second-order valence-corrected chi connectivity index (χ2v) is 11.0. The first kappa shape index (κ1) is 22.6. The molecule has 3 rings (SSSR count). The summed E-state index contributed by atoms with van der Waals surface area (Å²) < 4.78 is 11.5. The van der Waals surface area contributed by atoms with Crippen molar-refractivity contribution < 1.29 is 9.47 Å². The average molecular weight is 407 g/mol. The first-order valence-electron chi connectivity index (χ1n) is 11.2. The molecular formula is C28H38O2. The highest BCUT2D eigenvalue weighted by Gasteiger charge is 2.47. The van der Waals surface area contributed by atoms with Gasteiger partial charge in [0.2, 0.25) is 0 Å². The molecule has 1 saturated heterocycles. The van der Waals surface area contributed by atoms with Crippen molar-refractivity contribution in [1.29, 1.82) is 0 Å². The molecule has 0 N–H and O–H groups in total. The van der Waals surface area contributed by atoms with Gasteiger partial charge in [-0.3, -0.25) is 0 Å². The molecule has 162 valence electrons. The number of ether oxygens (including phenoxy) is 2. The van der Waals surface area contributed by atoms with Gasteiger partial charge in [0, 0.05) is 5.41 Å². The predicted octanol–water partition coefficient (Wildman–Crippen LogP) is 7.92. The van der Waals surface area contributed by atoms with Crippen LogP contribution in [0, 0.1) is 16.2 Å². The van der Waals surface area contributed by atoms with Gasteiger partial charge in [-0.15, -0.1) is 0 Å². The van der Waals surface area contributed by atoms with Crippen molar-refractivity contribution in [2.45, 2.75) is 60.8 Å². The first-order chi connectivity index (χ1) is 14.1. The molecule has 2 nitrogen and oxygen atoms in total. The Kier molecular flexibility index (Phi) is 6.77. The molecule has 0 aromatic heterocycles. The highest BCUT2D eigenvalue weighted by Crippen LogP contribution is 2.48. The van der Waals surface area contributed by atoms with Gasteiger partial charge < -0.3 is 9.47 Å². The summed E-state index contributed by atoms with van der Waals surface area (Å²) in [7, 11) is 0. The molecular weight excluding hydrogens is 368 g/mol. The molecule has 1 fully saturated rings. The molecule has 0 amide bonds. The van der Waals surface area contributed by atoms with Crippen LogP contribution in [-0.2, 0) is 11.2 Å². The fraction of sp³-hybridized carbons (Fsp3) is 0.500. The van der Waals surface area contributed by atoms with Crippen molar-refractivity contribution in [3.63, 3.8) is 0 Å². The topological polar surface area (TPSA) is 18.5 Å². The molecule has 1 aliphatic rings. The summed E-state index contributed by atoms with van der Waals surface area (Å²) in [5.41, 5.74) is 3.47. The van der Waals surface area contributed by atoms with E-state index in [0.29, 0.717) is 16.2 Å². The van der Waals surface area contributed by atoms with Crippen LogP contribution < -0.4 is 4.74 Å². The molecule has 2 heteroatoms. The zero-order valence-corrected chi connectivity index (χ0v) is 19.6. The third kappa shape index (κ3) is 5.98. The Morgan fingerprint density at radius 2 is 1.43 bits per heavy atom. The van der Waals surface area contributed by atoms with E-state index in [1.807, 2.05) is 12.1 Å². The summed E-state index contributed by atoms with van der Waals surface area (Å²) in [5.74, 6) is 1.75. The molecule has 0 saturated carbocycles. The van der Waals surface area contributed by atoms with Gasteiger partial charge in [-0.1, -0.05) is 78.0 Å². The number of hydrogen-bond acceptors (Lipinski definition) is 2. The fourth-order valence-electron chi connectivity index (χ4n) is 3.95. The van der Waals surface area contributed by atoms with E-state index in [1.54, 1.807) is 0 Å². The second kappa shape index (κ2) is 8.98. The Hall–Kier alpha value is -2.06. The van der Waals surface area contributed by atoms with Crippen molar-refractivity contribution in [3.8, 4) is 11.5 Å². The molecule has 0 bridgehead atoms. The summed E-state index contributed by atoms with van der Waals surface area (Å²) >= 11 is 0. The Morgan fingerprint density at radius 3 is 1.90 bits per heavy atom. The summed E-state index contributed by atoms with van der Waals surface area (Å²) in [4.78, 5) is 0. The molecule has 1 aliphatic heterocycles. The van der Waals surface area contributed by atoms with Gasteiger partial charge in [-0.25, -0.2) is 0 Å². The maximum absolute atomic E-state index is 6.01. The van der Waals surface area contributed by atoms with Crippen LogP contribution in [0.15, 0.2) is 54.6 Å². The SMILES string of the molecule is CC(C)(C)Cc1ccc(Oc2ccc(/C=C\CCC3(C(C)(C)C)COC3)cc2)cc1. The van der Waals surface area contributed by atoms with Crippen LogP contribution in [0.3, 0.4) is 0 Å². The van der Waals surface area contributed by atoms with E-state index in [1.165, 1.54) is 17.5 Å². The molecule has 2 aromatic carbocycles.